The molecular formula is C16H24N2O3. The molecule has 5 heteroatoms. The van der Waals surface area contributed by atoms with Gasteiger partial charge in [0.2, 0.25) is 5.91 Å². The van der Waals surface area contributed by atoms with E-state index in [-0.39, 0.29) is 11.8 Å². The predicted octanol–water partition coefficient (Wildman–Crippen LogP) is 2.12. The molecule has 1 aromatic carbocycles. The van der Waals surface area contributed by atoms with Gasteiger partial charge in [-0.1, -0.05) is 13.3 Å². The summed E-state index contributed by atoms with van der Waals surface area (Å²) in [4.78, 5) is 23.6. The Morgan fingerprint density at radius 2 is 1.86 bits per heavy atom. The smallest absolute Gasteiger partial charge is 0.251 e. The molecule has 1 atom stereocenters. The maximum Gasteiger partial charge on any atom is 0.251 e. The molecule has 0 aliphatic heterocycles. The number of unbranched alkanes of at least 4 members (excludes halogenated alkanes) is 1. The number of rotatable bonds is 8. The zero-order chi connectivity index (χ0) is 15.7. The quantitative estimate of drug-likeness (QED) is 0.721. The van der Waals surface area contributed by atoms with Gasteiger partial charge in [-0.2, -0.15) is 0 Å². The van der Waals surface area contributed by atoms with Crippen LogP contribution in [0, 0.1) is 0 Å². The first kappa shape index (κ1) is 17.0. The van der Waals surface area contributed by atoms with Crippen molar-refractivity contribution >= 4 is 11.8 Å². The van der Waals surface area contributed by atoms with Crippen LogP contribution in [0.4, 0.5) is 0 Å². The summed E-state index contributed by atoms with van der Waals surface area (Å²) in [7, 11) is 0. The van der Waals surface area contributed by atoms with E-state index >= 15 is 0 Å². The van der Waals surface area contributed by atoms with Gasteiger partial charge in [-0.25, -0.2) is 0 Å². The minimum atomic E-state index is -0.557. The van der Waals surface area contributed by atoms with Crippen molar-refractivity contribution in [2.75, 3.05) is 13.2 Å². The fourth-order valence-electron chi connectivity index (χ4n) is 1.71. The monoisotopic (exact) mass is 292 g/mol. The Labute approximate surface area is 126 Å². The van der Waals surface area contributed by atoms with Crippen molar-refractivity contribution in [1.29, 1.82) is 0 Å². The molecule has 0 radical (unpaired) electrons. The Balaban J connectivity index is 2.52. The zero-order valence-corrected chi connectivity index (χ0v) is 12.9. The number of ether oxygens (including phenoxy) is 1. The summed E-state index contributed by atoms with van der Waals surface area (Å²) in [6.45, 7) is 6.82. The summed E-state index contributed by atoms with van der Waals surface area (Å²) in [5.74, 6) is 0.288. The van der Waals surface area contributed by atoms with Crippen LogP contribution in [0.5, 0.6) is 5.75 Å². The molecule has 0 spiro atoms. The van der Waals surface area contributed by atoms with Crippen LogP contribution in [0.2, 0.25) is 0 Å². The lowest BCUT2D eigenvalue weighted by atomic mass is 10.2. The lowest BCUT2D eigenvalue weighted by Gasteiger charge is -2.13. The summed E-state index contributed by atoms with van der Waals surface area (Å²) >= 11 is 0. The molecule has 0 heterocycles. The Hall–Kier alpha value is -2.04. The van der Waals surface area contributed by atoms with Gasteiger partial charge in [0, 0.05) is 12.1 Å². The highest BCUT2D eigenvalue weighted by Crippen LogP contribution is 2.12. The average molecular weight is 292 g/mol. The predicted molar refractivity (Wildman–Crippen MR) is 82.5 cm³/mol. The number of carbonyl (C=O) groups is 2. The molecule has 0 aliphatic carbocycles. The minimum Gasteiger partial charge on any atom is -0.494 e. The van der Waals surface area contributed by atoms with Crippen LogP contribution in [0.25, 0.3) is 0 Å². The Morgan fingerprint density at radius 1 is 1.19 bits per heavy atom. The number of nitrogens with one attached hydrogen (secondary N) is 2. The number of hydrogen-bond donors (Lipinski definition) is 2. The molecule has 2 N–H and O–H groups in total. The second-order valence-corrected chi connectivity index (χ2v) is 4.82. The SMILES string of the molecule is CCCCOc1ccc(C(=O)N[C@H](C)C(=O)NCC)cc1. The molecule has 5 nitrogen and oxygen atoms in total. The molecule has 0 bridgehead atoms. The molecule has 116 valence electrons. The van der Waals surface area contributed by atoms with Gasteiger partial charge in [-0.15, -0.1) is 0 Å². The molecule has 0 unspecified atom stereocenters. The minimum absolute atomic E-state index is 0.189. The standard InChI is InChI=1S/C16H24N2O3/c1-4-6-11-21-14-9-7-13(8-10-14)16(20)18-12(3)15(19)17-5-2/h7-10,12H,4-6,11H2,1-3H3,(H,17,19)(H,18,20)/t12-/m1/s1. The molecule has 21 heavy (non-hydrogen) atoms. The summed E-state index contributed by atoms with van der Waals surface area (Å²) in [5.41, 5.74) is 0.508. The number of likely N-dealkylation sites (N-methyl/N-ethyl adjacent to an activating group) is 1. The van der Waals surface area contributed by atoms with Crippen molar-refractivity contribution in [1.82, 2.24) is 10.6 Å². The molecule has 0 fully saturated rings. The van der Waals surface area contributed by atoms with Gasteiger partial charge in [0.15, 0.2) is 0 Å². The molecule has 2 amide bonds. The third-order valence-corrected chi connectivity index (χ3v) is 2.98. The summed E-state index contributed by atoms with van der Waals surface area (Å²) < 4.78 is 5.54. The third-order valence-electron chi connectivity index (χ3n) is 2.98. The van der Waals surface area contributed by atoms with Gasteiger partial charge in [0.05, 0.1) is 6.61 Å². The highest BCUT2D eigenvalue weighted by atomic mass is 16.5. The molecule has 1 aromatic rings. The van der Waals surface area contributed by atoms with E-state index < -0.39 is 6.04 Å². The van der Waals surface area contributed by atoms with E-state index in [0.29, 0.717) is 18.7 Å². The average Bonchev–Trinajstić information content (AvgIpc) is 2.48. The van der Waals surface area contributed by atoms with Crippen LogP contribution in [0.3, 0.4) is 0 Å². The first-order valence-electron chi connectivity index (χ1n) is 7.39. The van der Waals surface area contributed by atoms with Gasteiger partial charge >= 0.3 is 0 Å². The fourth-order valence-corrected chi connectivity index (χ4v) is 1.71. The van der Waals surface area contributed by atoms with E-state index in [1.54, 1.807) is 31.2 Å². The number of amides is 2. The van der Waals surface area contributed by atoms with E-state index in [0.717, 1.165) is 18.6 Å². The Morgan fingerprint density at radius 3 is 2.43 bits per heavy atom. The highest BCUT2D eigenvalue weighted by Gasteiger charge is 2.15. The fraction of sp³-hybridized carbons (Fsp3) is 0.500. The largest absolute Gasteiger partial charge is 0.494 e. The maximum absolute atomic E-state index is 12.0. The summed E-state index contributed by atoms with van der Waals surface area (Å²) in [6.07, 6.45) is 2.09. The molecule has 1 rings (SSSR count). The van der Waals surface area contributed by atoms with Crippen molar-refractivity contribution in [3.8, 4) is 5.75 Å². The molecule has 0 aromatic heterocycles. The summed E-state index contributed by atoms with van der Waals surface area (Å²) in [5, 5.41) is 5.33. The Kier molecular flexibility index (Phi) is 7.29. The lowest BCUT2D eigenvalue weighted by molar-refractivity contribution is -0.122. The van der Waals surface area contributed by atoms with Crippen molar-refractivity contribution in [3.05, 3.63) is 29.8 Å². The zero-order valence-electron chi connectivity index (χ0n) is 12.9. The van der Waals surface area contributed by atoms with Gasteiger partial charge in [-0.05, 0) is 44.5 Å². The summed E-state index contributed by atoms with van der Waals surface area (Å²) in [6, 6.07) is 6.36. The topological polar surface area (TPSA) is 67.4 Å². The van der Waals surface area contributed by atoms with Crippen LogP contribution < -0.4 is 15.4 Å². The molecular weight excluding hydrogens is 268 g/mol. The van der Waals surface area contributed by atoms with Crippen molar-refractivity contribution in [3.63, 3.8) is 0 Å². The van der Waals surface area contributed by atoms with E-state index in [2.05, 4.69) is 17.6 Å². The van der Waals surface area contributed by atoms with Crippen LogP contribution in [-0.2, 0) is 4.79 Å². The van der Waals surface area contributed by atoms with Crippen LogP contribution in [0.15, 0.2) is 24.3 Å². The second kappa shape index (κ2) is 9.00. The van der Waals surface area contributed by atoms with E-state index in [1.165, 1.54) is 0 Å². The van der Waals surface area contributed by atoms with Gasteiger partial charge in [-0.3, -0.25) is 9.59 Å². The maximum atomic E-state index is 12.0. The van der Waals surface area contributed by atoms with Gasteiger partial charge < -0.3 is 15.4 Å². The third kappa shape index (κ3) is 5.85. The van der Waals surface area contributed by atoms with E-state index in [9.17, 15) is 9.59 Å². The van der Waals surface area contributed by atoms with Gasteiger partial charge in [0.25, 0.3) is 5.91 Å². The Bertz CT molecular complexity index is 457. The first-order valence-corrected chi connectivity index (χ1v) is 7.39. The highest BCUT2D eigenvalue weighted by molar-refractivity contribution is 5.97. The van der Waals surface area contributed by atoms with Gasteiger partial charge in [0.1, 0.15) is 11.8 Å². The van der Waals surface area contributed by atoms with Crippen molar-refractivity contribution in [2.45, 2.75) is 39.7 Å². The number of carbonyl (C=O) groups excluding carboxylic acids is 2. The lowest BCUT2D eigenvalue weighted by Crippen LogP contribution is -2.44. The van der Waals surface area contributed by atoms with Crippen LogP contribution in [-0.4, -0.2) is 31.0 Å². The van der Waals surface area contributed by atoms with E-state index in [1.807, 2.05) is 6.92 Å². The second-order valence-electron chi connectivity index (χ2n) is 4.82. The molecule has 0 saturated carbocycles. The number of benzene rings is 1. The molecule has 0 saturated heterocycles. The van der Waals surface area contributed by atoms with Crippen LogP contribution >= 0.6 is 0 Å². The molecule has 0 aliphatic rings. The number of hydrogen-bond acceptors (Lipinski definition) is 3. The van der Waals surface area contributed by atoms with Crippen LogP contribution in [0.1, 0.15) is 44.0 Å². The van der Waals surface area contributed by atoms with Crippen molar-refractivity contribution < 1.29 is 14.3 Å². The van der Waals surface area contributed by atoms with Crippen molar-refractivity contribution in [2.24, 2.45) is 0 Å². The first-order chi connectivity index (χ1) is 10.1. The van der Waals surface area contributed by atoms with E-state index in [4.69, 9.17) is 4.74 Å². The normalized spacial score (nSPS) is 11.6.